The van der Waals surface area contributed by atoms with Gasteiger partial charge in [0.05, 0.1) is 6.61 Å². The summed E-state index contributed by atoms with van der Waals surface area (Å²) in [7, 11) is 0. The summed E-state index contributed by atoms with van der Waals surface area (Å²) in [6, 6.07) is 2.61. The van der Waals surface area contributed by atoms with Crippen molar-refractivity contribution in [1.82, 2.24) is 9.58 Å². The normalized spacial score (nSPS) is 27.1. The highest BCUT2D eigenvalue weighted by Crippen LogP contribution is 2.18. The van der Waals surface area contributed by atoms with E-state index in [2.05, 4.69) is 5.43 Å². The number of nitrogens with zero attached hydrogens (tertiary/aromatic N) is 2. The van der Waals surface area contributed by atoms with Gasteiger partial charge in [-0.05, 0) is 0 Å². The molecule has 0 bridgehead atoms. The number of carbonyl (C=O) groups is 1. The van der Waals surface area contributed by atoms with Crippen LogP contribution in [0.5, 0.6) is 0 Å². The van der Waals surface area contributed by atoms with Gasteiger partial charge in [-0.25, -0.2) is 0 Å². The average molecular weight is 237 g/mol. The molecule has 2 aliphatic rings. The van der Waals surface area contributed by atoms with Crippen LogP contribution < -0.4 is 10.9 Å². The zero-order valence-electron chi connectivity index (χ0n) is 8.87. The van der Waals surface area contributed by atoms with Gasteiger partial charge in [-0.1, -0.05) is 0 Å². The van der Waals surface area contributed by atoms with Gasteiger partial charge in [0.1, 0.15) is 5.69 Å². The topological polar surface area (TPSA) is 83.8 Å². The second kappa shape index (κ2) is 3.57. The van der Waals surface area contributed by atoms with Gasteiger partial charge >= 0.3 is 0 Å². The molecule has 17 heavy (non-hydrogen) atoms. The van der Waals surface area contributed by atoms with Crippen molar-refractivity contribution in [3.05, 3.63) is 34.2 Å². The lowest BCUT2D eigenvalue weighted by Crippen LogP contribution is -2.62. The molecule has 2 aliphatic heterocycles. The summed E-state index contributed by atoms with van der Waals surface area (Å²) < 4.78 is 6.49. The van der Waals surface area contributed by atoms with Gasteiger partial charge in [-0.3, -0.25) is 19.7 Å². The van der Waals surface area contributed by atoms with E-state index in [9.17, 15) is 14.7 Å². The molecular formula is C10H11N3O4. The highest BCUT2D eigenvalue weighted by Gasteiger charge is 2.39. The van der Waals surface area contributed by atoms with Crippen molar-refractivity contribution < 1.29 is 14.6 Å². The van der Waals surface area contributed by atoms with Crippen LogP contribution >= 0.6 is 0 Å². The van der Waals surface area contributed by atoms with E-state index in [1.807, 2.05) is 0 Å². The van der Waals surface area contributed by atoms with Crippen LogP contribution in [0.2, 0.25) is 0 Å². The number of ether oxygens (including phenoxy) is 1. The number of amides is 1. The van der Waals surface area contributed by atoms with Gasteiger partial charge in [0.25, 0.3) is 5.91 Å². The monoisotopic (exact) mass is 237 g/mol. The van der Waals surface area contributed by atoms with Gasteiger partial charge in [0.15, 0.2) is 17.9 Å². The summed E-state index contributed by atoms with van der Waals surface area (Å²) >= 11 is 0. The van der Waals surface area contributed by atoms with E-state index in [-0.39, 0.29) is 23.6 Å². The first-order valence-electron chi connectivity index (χ1n) is 5.27. The Morgan fingerprint density at radius 3 is 3.12 bits per heavy atom. The van der Waals surface area contributed by atoms with E-state index >= 15 is 0 Å². The molecule has 1 fully saturated rings. The Bertz CT molecular complexity index is 527. The number of aromatic nitrogens is 1. The number of aliphatic hydroxyl groups excluding tert-OH is 1. The summed E-state index contributed by atoms with van der Waals surface area (Å²) in [5, 5.41) is 9.65. The number of aliphatic hydroxyl groups is 1. The minimum absolute atomic E-state index is 0.223. The number of fused-ring (bicyclic) bond motifs is 2. The number of nitrogens with one attached hydrogen (secondary N) is 1. The van der Waals surface area contributed by atoms with Crippen LogP contribution in [-0.2, 0) is 4.74 Å². The first kappa shape index (κ1) is 10.3. The summed E-state index contributed by atoms with van der Waals surface area (Å²) in [6.07, 6.45) is -0.222. The number of hydrogen-bond acceptors (Lipinski definition) is 5. The van der Waals surface area contributed by atoms with Gasteiger partial charge < -0.3 is 14.7 Å². The molecule has 2 atom stereocenters. The van der Waals surface area contributed by atoms with Crippen LogP contribution in [0.25, 0.3) is 0 Å². The molecule has 0 aliphatic carbocycles. The van der Waals surface area contributed by atoms with Crippen LogP contribution in [0, 0.1) is 0 Å². The first-order chi connectivity index (χ1) is 8.16. The van der Waals surface area contributed by atoms with Crippen molar-refractivity contribution in [2.24, 2.45) is 0 Å². The van der Waals surface area contributed by atoms with Crippen molar-refractivity contribution in [2.45, 2.75) is 12.5 Å². The van der Waals surface area contributed by atoms with Crippen LogP contribution in [0.1, 0.15) is 10.5 Å². The fourth-order valence-electron chi connectivity index (χ4n) is 2.06. The zero-order valence-corrected chi connectivity index (χ0v) is 8.87. The molecule has 1 amide bonds. The molecule has 3 rings (SSSR count). The minimum atomic E-state index is -1.07. The molecule has 1 aromatic rings. The largest absolute Gasteiger partial charge is 0.365 e. The average Bonchev–Trinajstić information content (AvgIpc) is 2.32. The quantitative estimate of drug-likeness (QED) is 0.575. The smallest absolute Gasteiger partial charge is 0.274 e. The summed E-state index contributed by atoms with van der Waals surface area (Å²) in [5.41, 5.74) is 2.96. The van der Waals surface area contributed by atoms with Gasteiger partial charge in [0.2, 0.25) is 0 Å². The molecule has 0 saturated carbocycles. The van der Waals surface area contributed by atoms with E-state index < -0.39 is 12.5 Å². The fraction of sp³-hybridized carbons (Fsp3) is 0.400. The summed E-state index contributed by atoms with van der Waals surface area (Å²) in [4.78, 5) is 24.8. The Morgan fingerprint density at radius 1 is 1.47 bits per heavy atom. The second-order valence-electron chi connectivity index (χ2n) is 3.95. The van der Waals surface area contributed by atoms with Crippen LogP contribution in [0.4, 0.5) is 0 Å². The van der Waals surface area contributed by atoms with E-state index in [1.54, 1.807) is 0 Å². The Kier molecular flexibility index (Phi) is 2.17. The van der Waals surface area contributed by atoms with Gasteiger partial charge in [-0.15, -0.1) is 0 Å². The molecule has 2 unspecified atom stereocenters. The minimum Gasteiger partial charge on any atom is -0.365 e. The van der Waals surface area contributed by atoms with Crippen molar-refractivity contribution in [3.8, 4) is 0 Å². The van der Waals surface area contributed by atoms with E-state index in [4.69, 9.17) is 4.74 Å². The SMILES string of the molecule is O=C1c2cc(=O)ccn2NC2C(O)OCCN12. The van der Waals surface area contributed by atoms with E-state index in [1.165, 1.54) is 27.9 Å². The third-order valence-corrected chi connectivity index (χ3v) is 2.90. The van der Waals surface area contributed by atoms with E-state index in [0.717, 1.165) is 0 Å². The maximum atomic E-state index is 12.1. The maximum absolute atomic E-state index is 12.1. The zero-order chi connectivity index (χ0) is 12.0. The molecule has 1 aromatic heterocycles. The molecule has 90 valence electrons. The fourth-order valence-corrected chi connectivity index (χ4v) is 2.06. The second-order valence-corrected chi connectivity index (χ2v) is 3.95. The number of hydrogen-bond donors (Lipinski definition) is 2. The third-order valence-electron chi connectivity index (χ3n) is 2.90. The molecule has 3 heterocycles. The Hall–Kier alpha value is -1.86. The lowest BCUT2D eigenvalue weighted by atomic mass is 10.2. The molecular weight excluding hydrogens is 226 g/mol. The Morgan fingerprint density at radius 2 is 2.29 bits per heavy atom. The predicted octanol–water partition coefficient (Wildman–Crippen LogP) is -1.48. The number of pyridine rings is 1. The van der Waals surface area contributed by atoms with Crippen molar-refractivity contribution >= 4 is 5.91 Å². The molecule has 0 radical (unpaired) electrons. The molecule has 7 heteroatoms. The Balaban J connectivity index is 2.07. The maximum Gasteiger partial charge on any atom is 0.274 e. The standard InChI is InChI=1S/C10H11N3O4/c14-6-1-2-13-7(5-6)9(15)12-3-4-17-10(16)8(12)11-13/h1-2,5,8,10-11,16H,3-4H2. The highest BCUT2D eigenvalue weighted by molar-refractivity contribution is 5.93. The van der Waals surface area contributed by atoms with Crippen molar-refractivity contribution in [3.63, 3.8) is 0 Å². The third kappa shape index (κ3) is 1.51. The number of rotatable bonds is 0. The van der Waals surface area contributed by atoms with Crippen molar-refractivity contribution in [1.29, 1.82) is 0 Å². The van der Waals surface area contributed by atoms with E-state index in [0.29, 0.717) is 6.54 Å². The van der Waals surface area contributed by atoms with Gasteiger partial charge in [-0.2, -0.15) is 0 Å². The van der Waals surface area contributed by atoms with Crippen LogP contribution in [0.3, 0.4) is 0 Å². The lowest BCUT2D eigenvalue weighted by molar-refractivity contribution is -0.167. The van der Waals surface area contributed by atoms with Crippen molar-refractivity contribution in [2.75, 3.05) is 18.6 Å². The molecule has 0 spiro atoms. The molecule has 2 N–H and O–H groups in total. The summed E-state index contributed by atoms with van der Waals surface area (Å²) in [6.45, 7) is 0.665. The predicted molar refractivity (Wildman–Crippen MR) is 56.8 cm³/mol. The van der Waals surface area contributed by atoms with Crippen LogP contribution in [-0.4, -0.2) is 46.2 Å². The molecule has 1 saturated heterocycles. The first-order valence-corrected chi connectivity index (χ1v) is 5.27. The van der Waals surface area contributed by atoms with Crippen LogP contribution in [0.15, 0.2) is 23.1 Å². The number of carbonyl (C=O) groups excluding carboxylic acids is 1. The molecule has 7 nitrogen and oxygen atoms in total. The molecule has 0 aromatic carbocycles. The lowest BCUT2D eigenvalue weighted by Gasteiger charge is -2.43. The van der Waals surface area contributed by atoms with Gasteiger partial charge in [0, 0.05) is 24.9 Å². The highest BCUT2D eigenvalue weighted by atomic mass is 16.6. The summed E-state index contributed by atoms with van der Waals surface area (Å²) in [5.74, 6) is -0.284. The Labute approximate surface area is 96.2 Å². The number of morpholine rings is 1.